The molecular formula is C9H14N8O2. The molecule has 102 valence electrons. The zero-order valence-corrected chi connectivity index (χ0v) is 10.3. The molecule has 2 aromatic rings. The van der Waals surface area contributed by atoms with Gasteiger partial charge in [0.15, 0.2) is 5.65 Å². The van der Waals surface area contributed by atoms with E-state index >= 15 is 0 Å². The van der Waals surface area contributed by atoms with E-state index in [1.165, 1.54) is 0 Å². The Morgan fingerprint density at radius 3 is 2.89 bits per heavy atom. The molecule has 0 spiro atoms. The lowest BCUT2D eigenvalue weighted by Crippen LogP contribution is -2.19. The summed E-state index contributed by atoms with van der Waals surface area (Å²) in [7, 11) is 0. The standard InChI is InChI=1S/C9H14N8O2/c1-2-17(3-4-18)16-15-8-11-5-6(10)12-9(19)14-7(5)13-8/h18H,2-4H2,1H3,(H4,10,11,12,13,14,19)/b16-15+. The second-order valence-corrected chi connectivity index (χ2v) is 3.67. The number of H-pyrrole nitrogens is 2. The van der Waals surface area contributed by atoms with E-state index in [1.54, 1.807) is 5.01 Å². The Hall–Kier alpha value is -2.49. The van der Waals surface area contributed by atoms with Gasteiger partial charge in [-0.2, -0.15) is 9.97 Å². The minimum Gasteiger partial charge on any atom is -0.394 e. The highest BCUT2D eigenvalue weighted by atomic mass is 16.3. The van der Waals surface area contributed by atoms with Crippen molar-refractivity contribution in [3.63, 3.8) is 0 Å². The quantitative estimate of drug-likeness (QED) is 0.425. The van der Waals surface area contributed by atoms with Gasteiger partial charge in [-0.1, -0.05) is 10.3 Å². The van der Waals surface area contributed by atoms with Gasteiger partial charge in [-0.3, -0.25) is 9.99 Å². The zero-order chi connectivity index (χ0) is 13.8. The first kappa shape index (κ1) is 13.0. The first-order valence-electron chi connectivity index (χ1n) is 5.67. The molecule has 10 nitrogen and oxygen atoms in total. The molecule has 0 unspecified atom stereocenters. The highest BCUT2D eigenvalue weighted by Crippen LogP contribution is 2.16. The van der Waals surface area contributed by atoms with Crippen LogP contribution in [0.5, 0.6) is 0 Å². The fourth-order valence-corrected chi connectivity index (χ4v) is 1.46. The van der Waals surface area contributed by atoms with Crippen LogP contribution in [0, 0.1) is 0 Å². The van der Waals surface area contributed by atoms with E-state index in [4.69, 9.17) is 10.8 Å². The lowest BCUT2D eigenvalue weighted by atomic mass is 10.5. The zero-order valence-electron chi connectivity index (χ0n) is 10.3. The van der Waals surface area contributed by atoms with E-state index in [9.17, 15) is 4.79 Å². The topological polar surface area (TPSA) is 149 Å². The van der Waals surface area contributed by atoms with Crippen LogP contribution in [0.1, 0.15) is 6.92 Å². The van der Waals surface area contributed by atoms with Crippen molar-refractivity contribution < 1.29 is 5.11 Å². The number of likely N-dealkylation sites (N-methyl/N-ethyl adjacent to an activating group) is 1. The summed E-state index contributed by atoms with van der Waals surface area (Å²) in [5, 5.41) is 18.1. The molecule has 0 radical (unpaired) electrons. The summed E-state index contributed by atoms with van der Waals surface area (Å²) in [5.74, 6) is 0.330. The maximum atomic E-state index is 11.1. The van der Waals surface area contributed by atoms with Crippen LogP contribution in [0.2, 0.25) is 0 Å². The van der Waals surface area contributed by atoms with Gasteiger partial charge in [0.1, 0.15) is 11.3 Å². The van der Waals surface area contributed by atoms with E-state index in [-0.39, 0.29) is 24.0 Å². The van der Waals surface area contributed by atoms with Crippen LogP contribution in [0.15, 0.2) is 15.1 Å². The van der Waals surface area contributed by atoms with Gasteiger partial charge in [-0.25, -0.2) is 4.79 Å². The van der Waals surface area contributed by atoms with E-state index in [1.807, 2.05) is 6.92 Å². The molecule has 0 aliphatic rings. The molecule has 0 saturated carbocycles. The van der Waals surface area contributed by atoms with Crippen LogP contribution < -0.4 is 11.4 Å². The summed E-state index contributed by atoms with van der Waals surface area (Å²) in [5.41, 5.74) is 5.63. The number of hydrogen-bond acceptors (Lipinski definition) is 7. The van der Waals surface area contributed by atoms with E-state index in [0.717, 1.165) is 0 Å². The van der Waals surface area contributed by atoms with E-state index < -0.39 is 5.69 Å². The number of anilines is 1. The number of rotatable bonds is 5. The second kappa shape index (κ2) is 5.44. The highest BCUT2D eigenvalue weighted by Gasteiger charge is 2.08. The molecule has 2 rings (SSSR count). The van der Waals surface area contributed by atoms with Gasteiger partial charge in [0.05, 0.1) is 13.2 Å². The summed E-state index contributed by atoms with van der Waals surface area (Å²) >= 11 is 0. The van der Waals surface area contributed by atoms with Crippen LogP contribution in [0.3, 0.4) is 0 Å². The van der Waals surface area contributed by atoms with Crippen LogP contribution in [0.4, 0.5) is 11.8 Å². The molecule has 0 aromatic carbocycles. The maximum Gasteiger partial charge on any atom is 0.348 e. The fourth-order valence-electron chi connectivity index (χ4n) is 1.46. The van der Waals surface area contributed by atoms with E-state index in [2.05, 4.69) is 30.3 Å². The molecule has 0 bridgehead atoms. The molecule has 0 fully saturated rings. The first-order valence-corrected chi connectivity index (χ1v) is 5.67. The number of aliphatic hydroxyl groups excluding tert-OH is 1. The average Bonchev–Trinajstić information content (AvgIpc) is 2.77. The third-order valence-electron chi connectivity index (χ3n) is 2.38. The summed E-state index contributed by atoms with van der Waals surface area (Å²) < 4.78 is 0. The number of nitrogens with one attached hydrogen (secondary N) is 2. The molecule has 0 amide bonds. The molecule has 0 aliphatic heterocycles. The van der Waals surface area contributed by atoms with Crippen molar-refractivity contribution in [3.05, 3.63) is 10.5 Å². The molecule has 2 aromatic heterocycles. The normalized spacial score (nSPS) is 11.5. The first-order chi connectivity index (χ1) is 9.13. The number of aromatic nitrogens is 4. The molecule has 10 heteroatoms. The van der Waals surface area contributed by atoms with Crippen molar-refractivity contribution in [1.82, 2.24) is 24.9 Å². The number of fused-ring (bicyclic) bond motifs is 1. The molecule has 0 saturated heterocycles. The molecule has 0 atom stereocenters. The van der Waals surface area contributed by atoms with Gasteiger partial charge >= 0.3 is 5.69 Å². The van der Waals surface area contributed by atoms with Gasteiger partial charge in [0.2, 0.25) is 0 Å². The number of aromatic amines is 2. The largest absolute Gasteiger partial charge is 0.394 e. The number of nitrogen functional groups attached to an aromatic ring is 1. The molecule has 5 N–H and O–H groups in total. The van der Waals surface area contributed by atoms with Crippen LogP contribution in [-0.4, -0.2) is 49.7 Å². The monoisotopic (exact) mass is 266 g/mol. The van der Waals surface area contributed by atoms with E-state index in [0.29, 0.717) is 18.6 Å². The minimum atomic E-state index is -0.574. The number of hydrogen-bond donors (Lipinski definition) is 4. The summed E-state index contributed by atoms with van der Waals surface area (Å²) in [6.07, 6.45) is 0. The number of imidazole rings is 1. The van der Waals surface area contributed by atoms with Gasteiger partial charge < -0.3 is 15.8 Å². The second-order valence-electron chi connectivity index (χ2n) is 3.67. The molecule has 19 heavy (non-hydrogen) atoms. The lowest BCUT2D eigenvalue weighted by Gasteiger charge is -2.11. The van der Waals surface area contributed by atoms with Crippen molar-refractivity contribution in [3.8, 4) is 0 Å². The maximum absolute atomic E-state index is 11.1. The minimum absolute atomic E-state index is 0.0179. The Morgan fingerprint density at radius 1 is 1.42 bits per heavy atom. The SMILES string of the molecule is CCN(CCO)/N=N/c1nc2nc(=O)[nH]c(N)c2[nH]1. The van der Waals surface area contributed by atoms with Gasteiger partial charge in [-0.05, 0) is 6.92 Å². The molecule has 0 aliphatic carbocycles. The Kier molecular flexibility index (Phi) is 3.71. The van der Waals surface area contributed by atoms with Crippen molar-refractivity contribution in [2.45, 2.75) is 6.92 Å². The Balaban J connectivity index is 2.29. The summed E-state index contributed by atoms with van der Waals surface area (Å²) in [4.78, 5) is 23.9. The van der Waals surface area contributed by atoms with Crippen LogP contribution in [-0.2, 0) is 0 Å². The Bertz CT molecular complexity index is 645. The lowest BCUT2D eigenvalue weighted by molar-refractivity contribution is 0.199. The Morgan fingerprint density at radius 2 is 2.21 bits per heavy atom. The smallest absolute Gasteiger partial charge is 0.348 e. The molecule has 2 heterocycles. The number of nitrogens with two attached hydrogens (primary N) is 1. The van der Waals surface area contributed by atoms with Crippen molar-refractivity contribution in [2.24, 2.45) is 10.3 Å². The number of nitrogens with zero attached hydrogens (tertiary/aromatic N) is 5. The summed E-state index contributed by atoms with van der Waals surface area (Å²) in [6, 6.07) is 0. The predicted octanol–water partition coefficient (Wildman–Crippen LogP) is -0.459. The highest BCUT2D eigenvalue weighted by molar-refractivity contribution is 5.82. The van der Waals surface area contributed by atoms with Gasteiger partial charge in [0.25, 0.3) is 5.95 Å². The van der Waals surface area contributed by atoms with Crippen molar-refractivity contribution in [2.75, 3.05) is 25.4 Å². The average molecular weight is 266 g/mol. The predicted molar refractivity (Wildman–Crippen MR) is 67.8 cm³/mol. The third-order valence-corrected chi connectivity index (χ3v) is 2.38. The number of aliphatic hydroxyl groups is 1. The van der Waals surface area contributed by atoms with Gasteiger partial charge in [-0.15, -0.1) is 0 Å². The van der Waals surface area contributed by atoms with Crippen molar-refractivity contribution in [1.29, 1.82) is 0 Å². The van der Waals surface area contributed by atoms with Crippen LogP contribution in [0.25, 0.3) is 11.2 Å². The summed E-state index contributed by atoms with van der Waals surface area (Å²) in [6.45, 7) is 2.84. The van der Waals surface area contributed by atoms with Gasteiger partial charge in [0, 0.05) is 6.54 Å². The fraction of sp³-hybridized carbons (Fsp3) is 0.444. The van der Waals surface area contributed by atoms with Crippen molar-refractivity contribution >= 4 is 22.9 Å². The third kappa shape index (κ3) is 2.85. The van der Waals surface area contributed by atoms with Crippen LogP contribution >= 0.6 is 0 Å². The Labute approximate surface area is 107 Å². The molecular weight excluding hydrogens is 252 g/mol.